The molecule has 1 aliphatic carbocycles. The van der Waals surface area contributed by atoms with Gasteiger partial charge in [-0.25, -0.2) is 9.78 Å². The summed E-state index contributed by atoms with van der Waals surface area (Å²) in [6.45, 7) is 0. The molecule has 108 valence electrons. The molecule has 0 saturated heterocycles. The minimum Gasteiger partial charge on any atom is -0.464 e. The first kappa shape index (κ1) is 14.5. The third-order valence-electron chi connectivity index (χ3n) is 3.86. The van der Waals surface area contributed by atoms with Crippen LogP contribution in [0.15, 0.2) is 18.3 Å². The summed E-state index contributed by atoms with van der Waals surface area (Å²) >= 11 is 0. The number of esters is 1. The van der Waals surface area contributed by atoms with Gasteiger partial charge in [-0.15, -0.1) is 0 Å². The topological polar surface area (TPSA) is 59.5 Å². The number of carbonyl (C=O) groups excluding carboxylic acids is 2. The highest BCUT2D eigenvalue weighted by Crippen LogP contribution is 2.23. The second-order valence-corrected chi connectivity index (χ2v) is 5.10. The van der Waals surface area contributed by atoms with Crippen molar-refractivity contribution in [2.24, 2.45) is 0 Å². The molecule has 0 radical (unpaired) electrons. The maximum absolute atomic E-state index is 12.6. The van der Waals surface area contributed by atoms with Crippen molar-refractivity contribution in [3.05, 3.63) is 29.6 Å². The summed E-state index contributed by atoms with van der Waals surface area (Å²) in [5, 5.41) is 0. The zero-order chi connectivity index (χ0) is 14.5. The summed E-state index contributed by atoms with van der Waals surface area (Å²) in [6, 6.07) is 3.54. The fraction of sp³-hybridized carbons (Fsp3) is 0.533. The number of carbonyl (C=O) groups is 2. The van der Waals surface area contributed by atoms with Crippen molar-refractivity contribution in [3.8, 4) is 0 Å². The van der Waals surface area contributed by atoms with Crippen LogP contribution in [0.4, 0.5) is 0 Å². The van der Waals surface area contributed by atoms with Crippen molar-refractivity contribution in [2.75, 3.05) is 14.2 Å². The minimum absolute atomic E-state index is 0.0858. The lowest BCUT2D eigenvalue weighted by Gasteiger charge is -2.31. The van der Waals surface area contributed by atoms with E-state index >= 15 is 0 Å². The Bertz CT molecular complexity index is 496. The molecular formula is C15H20N2O3. The molecule has 0 bridgehead atoms. The van der Waals surface area contributed by atoms with Crippen molar-refractivity contribution in [1.29, 1.82) is 0 Å². The Balaban J connectivity index is 2.22. The molecule has 0 N–H and O–H groups in total. The molecule has 0 atom stereocenters. The van der Waals surface area contributed by atoms with Gasteiger partial charge in [-0.3, -0.25) is 4.79 Å². The number of pyridine rings is 1. The van der Waals surface area contributed by atoms with E-state index < -0.39 is 5.97 Å². The number of ether oxygens (including phenoxy) is 1. The van der Waals surface area contributed by atoms with E-state index in [2.05, 4.69) is 9.72 Å². The minimum atomic E-state index is -0.578. The zero-order valence-electron chi connectivity index (χ0n) is 12.0. The van der Waals surface area contributed by atoms with Crippen molar-refractivity contribution in [3.63, 3.8) is 0 Å². The van der Waals surface area contributed by atoms with Gasteiger partial charge in [0.05, 0.1) is 12.7 Å². The predicted molar refractivity (Wildman–Crippen MR) is 74.5 cm³/mol. The molecule has 0 aliphatic heterocycles. The maximum Gasteiger partial charge on any atom is 0.357 e. The molecule has 5 nitrogen and oxygen atoms in total. The quantitative estimate of drug-likeness (QED) is 0.795. The molecule has 0 aromatic carbocycles. The first-order valence-corrected chi connectivity index (χ1v) is 6.95. The third-order valence-corrected chi connectivity index (χ3v) is 3.86. The molecule has 2 rings (SSSR count). The van der Waals surface area contributed by atoms with Crippen LogP contribution in [0.2, 0.25) is 0 Å². The van der Waals surface area contributed by atoms with Gasteiger partial charge in [-0.2, -0.15) is 0 Å². The highest BCUT2D eigenvalue weighted by atomic mass is 16.5. The number of nitrogens with zero attached hydrogens (tertiary/aromatic N) is 2. The molecule has 1 aromatic rings. The molecule has 1 heterocycles. The van der Waals surface area contributed by atoms with Crippen LogP contribution < -0.4 is 0 Å². The number of aromatic nitrogens is 1. The van der Waals surface area contributed by atoms with Gasteiger partial charge < -0.3 is 9.64 Å². The van der Waals surface area contributed by atoms with Gasteiger partial charge in [0.15, 0.2) is 5.69 Å². The molecule has 20 heavy (non-hydrogen) atoms. The van der Waals surface area contributed by atoms with E-state index in [1.54, 1.807) is 24.1 Å². The van der Waals surface area contributed by atoms with E-state index in [1.165, 1.54) is 19.7 Å². The Labute approximate surface area is 118 Å². The van der Waals surface area contributed by atoms with Crippen LogP contribution in [0.1, 0.15) is 53.0 Å². The molecular weight excluding hydrogens is 256 g/mol. The zero-order valence-corrected chi connectivity index (χ0v) is 12.0. The Morgan fingerprint density at radius 2 is 2.00 bits per heavy atom. The average Bonchev–Trinajstić information content (AvgIpc) is 2.53. The number of methoxy groups -OCH3 is 1. The lowest BCUT2D eigenvalue weighted by Crippen LogP contribution is -2.39. The first-order chi connectivity index (χ1) is 9.65. The van der Waals surface area contributed by atoms with E-state index in [0.29, 0.717) is 5.56 Å². The van der Waals surface area contributed by atoms with Crippen LogP contribution in [0.25, 0.3) is 0 Å². The highest BCUT2D eigenvalue weighted by molar-refractivity contribution is 6.04. The number of hydrogen-bond donors (Lipinski definition) is 0. The Hall–Kier alpha value is -1.91. The van der Waals surface area contributed by atoms with Crippen LogP contribution in [0.3, 0.4) is 0 Å². The molecule has 1 aliphatic rings. The Morgan fingerprint density at radius 1 is 1.30 bits per heavy atom. The van der Waals surface area contributed by atoms with Gasteiger partial charge in [-0.05, 0) is 25.0 Å². The molecule has 1 amide bonds. The molecule has 1 aromatic heterocycles. The summed E-state index contributed by atoms with van der Waals surface area (Å²) in [6.07, 6.45) is 7.08. The smallest absolute Gasteiger partial charge is 0.357 e. The SMILES string of the molecule is COC(=O)c1ncccc1C(=O)N(C)C1CCCCC1. The number of hydrogen-bond acceptors (Lipinski definition) is 4. The monoisotopic (exact) mass is 276 g/mol. The van der Waals surface area contributed by atoms with Crippen LogP contribution >= 0.6 is 0 Å². The largest absolute Gasteiger partial charge is 0.464 e. The van der Waals surface area contributed by atoms with Gasteiger partial charge in [0, 0.05) is 19.3 Å². The molecule has 1 fully saturated rings. The third kappa shape index (κ3) is 2.98. The summed E-state index contributed by atoms with van der Waals surface area (Å²) in [5.74, 6) is -0.739. The predicted octanol–water partition coefficient (Wildman–Crippen LogP) is 2.27. The molecule has 5 heteroatoms. The highest BCUT2D eigenvalue weighted by Gasteiger charge is 2.26. The Kier molecular flexibility index (Phi) is 4.71. The van der Waals surface area contributed by atoms with Gasteiger partial charge in [0.1, 0.15) is 0 Å². The van der Waals surface area contributed by atoms with Crippen molar-refractivity contribution < 1.29 is 14.3 Å². The van der Waals surface area contributed by atoms with Crippen molar-refractivity contribution in [2.45, 2.75) is 38.1 Å². The fourth-order valence-corrected chi connectivity index (χ4v) is 2.66. The standard InChI is InChI=1S/C15H20N2O3/c1-17(11-7-4-3-5-8-11)14(18)12-9-6-10-16-13(12)15(19)20-2/h6,9-11H,3-5,7-8H2,1-2H3. The van der Waals surface area contributed by atoms with E-state index in [9.17, 15) is 9.59 Å². The van der Waals surface area contributed by atoms with Crippen LogP contribution in [0, 0.1) is 0 Å². The number of amides is 1. The average molecular weight is 276 g/mol. The van der Waals surface area contributed by atoms with Gasteiger partial charge in [0.25, 0.3) is 5.91 Å². The van der Waals surface area contributed by atoms with Crippen LogP contribution in [-0.2, 0) is 4.74 Å². The van der Waals surface area contributed by atoms with E-state index in [0.717, 1.165) is 25.7 Å². The van der Waals surface area contributed by atoms with E-state index in [1.807, 2.05) is 0 Å². The van der Waals surface area contributed by atoms with Gasteiger partial charge in [0.2, 0.25) is 0 Å². The van der Waals surface area contributed by atoms with E-state index in [-0.39, 0.29) is 17.6 Å². The van der Waals surface area contributed by atoms with E-state index in [4.69, 9.17) is 0 Å². The second kappa shape index (κ2) is 6.50. The van der Waals surface area contributed by atoms with Crippen molar-refractivity contribution in [1.82, 2.24) is 9.88 Å². The molecule has 0 spiro atoms. The van der Waals surface area contributed by atoms with Gasteiger partial charge >= 0.3 is 5.97 Å². The molecule has 1 saturated carbocycles. The summed E-state index contributed by atoms with van der Waals surface area (Å²) in [4.78, 5) is 30.0. The Morgan fingerprint density at radius 3 is 2.65 bits per heavy atom. The lowest BCUT2D eigenvalue weighted by atomic mass is 9.94. The van der Waals surface area contributed by atoms with Gasteiger partial charge in [-0.1, -0.05) is 19.3 Å². The lowest BCUT2D eigenvalue weighted by molar-refractivity contribution is 0.0577. The normalized spacial score (nSPS) is 15.7. The summed E-state index contributed by atoms with van der Waals surface area (Å²) in [5.41, 5.74) is 0.398. The second-order valence-electron chi connectivity index (χ2n) is 5.10. The fourth-order valence-electron chi connectivity index (χ4n) is 2.66. The van der Waals surface area contributed by atoms with Crippen LogP contribution in [-0.4, -0.2) is 42.0 Å². The van der Waals surface area contributed by atoms with Crippen LogP contribution in [0.5, 0.6) is 0 Å². The molecule has 0 unspecified atom stereocenters. The summed E-state index contributed by atoms with van der Waals surface area (Å²) in [7, 11) is 3.09. The van der Waals surface area contributed by atoms with Crippen molar-refractivity contribution >= 4 is 11.9 Å². The first-order valence-electron chi connectivity index (χ1n) is 6.95. The summed E-state index contributed by atoms with van der Waals surface area (Å²) < 4.78 is 4.68. The number of rotatable bonds is 3. The maximum atomic E-state index is 12.6.